The maximum atomic E-state index is 12.8. The van der Waals surface area contributed by atoms with E-state index in [2.05, 4.69) is 15.1 Å². The maximum Gasteiger partial charge on any atom is 0.272 e. The van der Waals surface area contributed by atoms with Crippen LogP contribution in [0.4, 0.5) is 0 Å². The van der Waals surface area contributed by atoms with E-state index in [1.54, 1.807) is 6.92 Å². The second-order valence-corrected chi connectivity index (χ2v) is 7.75. The molecule has 146 valence electrons. The summed E-state index contributed by atoms with van der Waals surface area (Å²) in [5.74, 6) is 1.02. The number of aryl methyl sites for hydroxylation is 2. The van der Waals surface area contributed by atoms with Gasteiger partial charge in [0, 0.05) is 17.2 Å². The number of hydrogen-bond donors (Lipinski definition) is 0. The minimum absolute atomic E-state index is 0.0125. The van der Waals surface area contributed by atoms with Crippen molar-refractivity contribution in [1.82, 2.24) is 19.7 Å². The van der Waals surface area contributed by atoms with E-state index in [1.807, 2.05) is 54.0 Å². The van der Waals surface area contributed by atoms with Crippen LogP contribution in [-0.4, -0.2) is 19.7 Å². The van der Waals surface area contributed by atoms with E-state index < -0.39 is 0 Å². The summed E-state index contributed by atoms with van der Waals surface area (Å²) >= 11 is 0. The lowest BCUT2D eigenvalue weighted by Gasteiger charge is -2.17. The number of rotatable bonds is 3. The largest absolute Gasteiger partial charge is 0.334 e. The average molecular weight is 386 g/mol. The lowest BCUT2D eigenvalue weighted by molar-refractivity contribution is 0.432. The fourth-order valence-electron chi connectivity index (χ4n) is 4.26. The fourth-order valence-corrected chi connectivity index (χ4v) is 4.26. The summed E-state index contributed by atoms with van der Waals surface area (Å²) in [7, 11) is 0. The zero-order valence-electron chi connectivity index (χ0n) is 16.6. The van der Waals surface area contributed by atoms with Gasteiger partial charge in [-0.1, -0.05) is 36.2 Å². The van der Waals surface area contributed by atoms with E-state index in [1.165, 1.54) is 12.8 Å². The molecule has 6 heteroatoms. The van der Waals surface area contributed by atoms with Gasteiger partial charge in [0.2, 0.25) is 5.82 Å². The Kier molecular flexibility index (Phi) is 4.27. The molecule has 0 atom stereocenters. The highest BCUT2D eigenvalue weighted by atomic mass is 16.5. The molecule has 0 radical (unpaired) electrons. The number of benzene rings is 2. The zero-order chi connectivity index (χ0) is 20.0. The Labute approximate surface area is 168 Å². The van der Waals surface area contributed by atoms with Gasteiger partial charge < -0.3 is 9.09 Å². The van der Waals surface area contributed by atoms with Crippen molar-refractivity contribution < 1.29 is 4.52 Å². The fraction of sp³-hybridized carbons (Fsp3) is 0.304. The first-order chi connectivity index (χ1) is 14.1. The van der Waals surface area contributed by atoms with Crippen LogP contribution in [0.15, 0.2) is 51.8 Å². The first-order valence-corrected chi connectivity index (χ1v) is 10.0. The van der Waals surface area contributed by atoms with Gasteiger partial charge in [0.1, 0.15) is 5.69 Å². The van der Waals surface area contributed by atoms with Crippen molar-refractivity contribution in [3.63, 3.8) is 0 Å². The van der Waals surface area contributed by atoms with Crippen LogP contribution in [0.25, 0.3) is 33.9 Å². The molecule has 0 aliphatic heterocycles. The summed E-state index contributed by atoms with van der Waals surface area (Å²) in [6.07, 6.45) is 4.43. The van der Waals surface area contributed by atoms with Crippen molar-refractivity contribution in [2.24, 2.45) is 0 Å². The highest BCUT2D eigenvalue weighted by molar-refractivity contribution is 5.80. The second-order valence-electron chi connectivity index (χ2n) is 7.75. The third-order valence-electron chi connectivity index (χ3n) is 5.80. The molecule has 6 nitrogen and oxygen atoms in total. The van der Waals surface area contributed by atoms with Gasteiger partial charge in [-0.05, 0) is 56.5 Å². The van der Waals surface area contributed by atoms with E-state index in [4.69, 9.17) is 4.52 Å². The van der Waals surface area contributed by atoms with Crippen LogP contribution in [0.1, 0.15) is 43.0 Å². The summed E-state index contributed by atoms with van der Waals surface area (Å²) in [4.78, 5) is 21.9. The molecule has 0 unspecified atom stereocenters. The van der Waals surface area contributed by atoms with Gasteiger partial charge in [0.05, 0.1) is 11.0 Å². The predicted molar refractivity (Wildman–Crippen MR) is 112 cm³/mol. The smallest absolute Gasteiger partial charge is 0.272 e. The van der Waals surface area contributed by atoms with Crippen LogP contribution in [0.5, 0.6) is 0 Å². The van der Waals surface area contributed by atoms with Crippen molar-refractivity contribution in [1.29, 1.82) is 0 Å². The first kappa shape index (κ1) is 17.8. The topological polar surface area (TPSA) is 73.8 Å². The van der Waals surface area contributed by atoms with E-state index in [9.17, 15) is 4.79 Å². The molecule has 4 aromatic rings. The van der Waals surface area contributed by atoms with E-state index in [-0.39, 0.29) is 11.6 Å². The molecule has 1 aliphatic carbocycles. The third-order valence-corrected chi connectivity index (χ3v) is 5.80. The molecule has 0 amide bonds. The molecular weight excluding hydrogens is 364 g/mol. The molecule has 1 fully saturated rings. The molecule has 0 saturated heterocycles. The molecule has 1 saturated carbocycles. The molecule has 0 spiro atoms. The minimum atomic E-state index is 0.0125. The van der Waals surface area contributed by atoms with Crippen molar-refractivity contribution in [3.05, 3.63) is 64.1 Å². The van der Waals surface area contributed by atoms with Crippen molar-refractivity contribution in [3.8, 4) is 22.8 Å². The average Bonchev–Trinajstić information content (AvgIpc) is 3.41. The van der Waals surface area contributed by atoms with Crippen LogP contribution in [0.2, 0.25) is 0 Å². The van der Waals surface area contributed by atoms with Crippen LogP contribution in [0.3, 0.4) is 0 Å². The Hall–Kier alpha value is -3.28. The normalized spacial score (nSPS) is 14.7. The highest BCUT2D eigenvalue weighted by Gasteiger charge is 2.22. The molecule has 2 aromatic heterocycles. The van der Waals surface area contributed by atoms with Crippen LogP contribution in [-0.2, 0) is 0 Å². The van der Waals surface area contributed by atoms with Gasteiger partial charge in [-0.25, -0.2) is 4.98 Å². The molecule has 0 N–H and O–H groups in total. The van der Waals surface area contributed by atoms with Gasteiger partial charge in [-0.15, -0.1) is 0 Å². The van der Waals surface area contributed by atoms with E-state index in [0.717, 1.165) is 40.6 Å². The highest BCUT2D eigenvalue weighted by Crippen LogP contribution is 2.32. The van der Waals surface area contributed by atoms with Gasteiger partial charge in [-0.2, -0.15) is 4.98 Å². The Balaban J connectivity index is 1.60. The standard InChI is InChI=1S/C23H22N4O2/c1-14-7-3-6-10-18(14)22-25-21(26-29-22)16-11-12-20-19(13-16)24-15(2)23(28)27(20)17-8-4-5-9-17/h3,6-7,10-13,17H,4-5,8-9H2,1-2H3. The summed E-state index contributed by atoms with van der Waals surface area (Å²) in [5, 5.41) is 4.17. The SMILES string of the molecule is Cc1ccccc1-c1nc(-c2ccc3c(c2)nc(C)c(=O)n3C2CCCC2)no1. The zero-order valence-corrected chi connectivity index (χ0v) is 16.6. The Morgan fingerprint density at radius 1 is 1.03 bits per heavy atom. The molecular formula is C23H22N4O2. The number of nitrogens with zero attached hydrogens (tertiary/aromatic N) is 4. The predicted octanol–water partition coefficient (Wildman–Crippen LogP) is 4.85. The third kappa shape index (κ3) is 3.05. The molecule has 0 bridgehead atoms. The quantitative estimate of drug-likeness (QED) is 0.503. The lowest BCUT2D eigenvalue weighted by atomic mass is 10.1. The summed E-state index contributed by atoms with van der Waals surface area (Å²) in [6.45, 7) is 3.80. The van der Waals surface area contributed by atoms with Gasteiger partial charge in [-0.3, -0.25) is 4.79 Å². The van der Waals surface area contributed by atoms with E-state index >= 15 is 0 Å². The van der Waals surface area contributed by atoms with Crippen molar-refractivity contribution in [2.45, 2.75) is 45.6 Å². The van der Waals surface area contributed by atoms with Crippen molar-refractivity contribution in [2.75, 3.05) is 0 Å². The first-order valence-electron chi connectivity index (χ1n) is 10.0. The summed E-state index contributed by atoms with van der Waals surface area (Å²) in [6, 6.07) is 14.0. The minimum Gasteiger partial charge on any atom is -0.334 e. The molecule has 29 heavy (non-hydrogen) atoms. The lowest BCUT2D eigenvalue weighted by Crippen LogP contribution is -2.26. The number of aromatic nitrogens is 4. The molecule has 2 aromatic carbocycles. The van der Waals surface area contributed by atoms with E-state index in [0.29, 0.717) is 17.4 Å². The van der Waals surface area contributed by atoms with Crippen LogP contribution in [0, 0.1) is 13.8 Å². The van der Waals surface area contributed by atoms with Crippen LogP contribution < -0.4 is 5.56 Å². The van der Waals surface area contributed by atoms with Gasteiger partial charge in [0.25, 0.3) is 11.4 Å². The molecule has 1 aliphatic rings. The van der Waals surface area contributed by atoms with Crippen LogP contribution >= 0.6 is 0 Å². The maximum absolute atomic E-state index is 12.8. The number of hydrogen-bond acceptors (Lipinski definition) is 5. The Morgan fingerprint density at radius 2 is 1.83 bits per heavy atom. The molecule has 5 rings (SSSR count). The summed E-state index contributed by atoms with van der Waals surface area (Å²) < 4.78 is 7.44. The summed E-state index contributed by atoms with van der Waals surface area (Å²) in [5.41, 5.74) is 5.03. The Morgan fingerprint density at radius 3 is 2.62 bits per heavy atom. The Bertz CT molecular complexity index is 1270. The second kappa shape index (κ2) is 6.95. The van der Waals surface area contributed by atoms with Crippen molar-refractivity contribution >= 4 is 11.0 Å². The van der Waals surface area contributed by atoms with Gasteiger partial charge >= 0.3 is 0 Å². The molecule has 2 heterocycles. The number of fused-ring (bicyclic) bond motifs is 1. The van der Waals surface area contributed by atoms with Gasteiger partial charge in [0.15, 0.2) is 0 Å². The monoisotopic (exact) mass is 386 g/mol.